The van der Waals surface area contributed by atoms with Crippen molar-refractivity contribution in [3.05, 3.63) is 41.7 Å². The molecule has 1 aromatic heterocycles. The molecule has 0 N–H and O–H groups in total. The number of hydrogen-bond acceptors (Lipinski definition) is 4. The van der Waals surface area contributed by atoms with Crippen molar-refractivity contribution in [3.8, 4) is 11.8 Å². The first kappa shape index (κ1) is 15.0. The second-order valence-electron chi connectivity index (χ2n) is 4.84. The quantitative estimate of drug-likeness (QED) is 0.699. The Kier molecular flexibility index (Phi) is 5.77. The molecule has 0 radical (unpaired) electrons. The first-order valence-corrected chi connectivity index (χ1v) is 7.35. The molecule has 0 saturated heterocycles. The van der Waals surface area contributed by atoms with Gasteiger partial charge in [0.05, 0.1) is 12.3 Å². The summed E-state index contributed by atoms with van der Waals surface area (Å²) in [5.41, 5.74) is 1.39. The topological polar surface area (TPSA) is 63.7 Å². The number of para-hydroxylation sites is 1. The van der Waals surface area contributed by atoms with Gasteiger partial charge in [0.2, 0.25) is 0 Å². The molecule has 0 bridgehead atoms. The molecule has 1 heterocycles. The lowest BCUT2D eigenvalue weighted by molar-refractivity contribution is 0.297. The molecule has 21 heavy (non-hydrogen) atoms. The highest BCUT2D eigenvalue weighted by molar-refractivity contribution is 5.24. The van der Waals surface area contributed by atoms with Crippen molar-refractivity contribution in [2.45, 2.75) is 39.2 Å². The van der Waals surface area contributed by atoms with Crippen LogP contribution in [0.5, 0.6) is 5.75 Å². The number of hydrogen-bond donors (Lipinski definition) is 0. The van der Waals surface area contributed by atoms with Gasteiger partial charge in [0.25, 0.3) is 0 Å². The maximum Gasteiger partial charge on any atom is 0.185 e. The van der Waals surface area contributed by atoms with Crippen LogP contribution in [-0.2, 0) is 13.0 Å². The van der Waals surface area contributed by atoms with Gasteiger partial charge in [-0.05, 0) is 25.0 Å². The summed E-state index contributed by atoms with van der Waals surface area (Å²) >= 11 is 0. The van der Waals surface area contributed by atoms with Gasteiger partial charge >= 0.3 is 0 Å². The van der Waals surface area contributed by atoms with E-state index in [-0.39, 0.29) is 0 Å². The number of aryl methyl sites for hydroxylation is 1. The number of nitriles is 1. The zero-order valence-electron chi connectivity index (χ0n) is 12.3. The van der Waals surface area contributed by atoms with Gasteiger partial charge in [-0.2, -0.15) is 5.26 Å². The Bertz CT molecular complexity index is 586. The van der Waals surface area contributed by atoms with Crippen LogP contribution in [0, 0.1) is 11.3 Å². The average Bonchev–Trinajstić information content (AvgIpc) is 2.92. The molecule has 0 amide bonds. The highest BCUT2D eigenvalue weighted by Crippen LogP contribution is 2.11. The van der Waals surface area contributed by atoms with Crippen molar-refractivity contribution in [3.63, 3.8) is 0 Å². The number of nitrogens with zero attached hydrogens (tertiary/aromatic N) is 4. The van der Waals surface area contributed by atoms with E-state index < -0.39 is 0 Å². The van der Waals surface area contributed by atoms with E-state index in [1.807, 2.05) is 35.0 Å². The fraction of sp³-hybridized carbons (Fsp3) is 0.438. The molecule has 0 unspecified atom stereocenters. The molecule has 5 nitrogen and oxygen atoms in total. The Balaban J connectivity index is 1.85. The first-order valence-electron chi connectivity index (χ1n) is 7.35. The van der Waals surface area contributed by atoms with E-state index in [2.05, 4.69) is 23.3 Å². The summed E-state index contributed by atoms with van der Waals surface area (Å²) in [6.07, 6.45) is 3.82. The highest BCUT2D eigenvalue weighted by Gasteiger charge is 2.11. The standard InChI is InChI=1S/C16H20N4O/c1-2-3-10-16-15(13-17)18-19-20(16)11-7-12-21-14-8-5-4-6-9-14/h4-6,8-9H,2-3,7,10-12H2,1H3. The van der Waals surface area contributed by atoms with Crippen molar-refractivity contribution >= 4 is 0 Å². The van der Waals surface area contributed by atoms with Gasteiger partial charge in [-0.25, -0.2) is 4.68 Å². The van der Waals surface area contributed by atoms with E-state index in [1.165, 1.54) is 0 Å². The van der Waals surface area contributed by atoms with Crippen molar-refractivity contribution in [1.29, 1.82) is 5.26 Å². The van der Waals surface area contributed by atoms with Gasteiger partial charge in [-0.3, -0.25) is 0 Å². The van der Waals surface area contributed by atoms with Crippen LogP contribution >= 0.6 is 0 Å². The van der Waals surface area contributed by atoms with E-state index in [0.717, 1.165) is 43.7 Å². The van der Waals surface area contributed by atoms with E-state index in [9.17, 15) is 0 Å². The summed E-state index contributed by atoms with van der Waals surface area (Å²) in [5, 5.41) is 17.1. The van der Waals surface area contributed by atoms with Crippen LogP contribution in [0.2, 0.25) is 0 Å². The fourth-order valence-corrected chi connectivity index (χ4v) is 2.11. The van der Waals surface area contributed by atoms with Crippen molar-refractivity contribution in [2.24, 2.45) is 0 Å². The molecule has 0 aliphatic carbocycles. The Morgan fingerprint density at radius 3 is 2.76 bits per heavy atom. The Labute approximate surface area is 125 Å². The predicted octanol–water partition coefficient (Wildman–Crippen LogP) is 2.96. The molecule has 2 aromatic rings. The molecule has 0 aliphatic rings. The second kappa shape index (κ2) is 8.05. The first-order chi connectivity index (χ1) is 10.3. The van der Waals surface area contributed by atoms with E-state index in [0.29, 0.717) is 12.3 Å². The fourth-order valence-electron chi connectivity index (χ4n) is 2.11. The van der Waals surface area contributed by atoms with Gasteiger partial charge in [0.15, 0.2) is 5.69 Å². The minimum absolute atomic E-state index is 0.451. The van der Waals surface area contributed by atoms with Crippen molar-refractivity contribution in [1.82, 2.24) is 15.0 Å². The van der Waals surface area contributed by atoms with Crippen molar-refractivity contribution < 1.29 is 4.74 Å². The zero-order valence-corrected chi connectivity index (χ0v) is 12.3. The zero-order chi connectivity index (χ0) is 14.9. The van der Waals surface area contributed by atoms with E-state index in [4.69, 9.17) is 10.00 Å². The highest BCUT2D eigenvalue weighted by atomic mass is 16.5. The molecule has 110 valence electrons. The third kappa shape index (κ3) is 4.32. The van der Waals surface area contributed by atoms with Crippen LogP contribution in [0.25, 0.3) is 0 Å². The number of rotatable bonds is 8. The third-order valence-corrected chi connectivity index (χ3v) is 3.24. The normalized spacial score (nSPS) is 10.3. The molecule has 0 atom stereocenters. The molecular formula is C16H20N4O. The molecule has 0 aliphatic heterocycles. The van der Waals surface area contributed by atoms with E-state index in [1.54, 1.807) is 0 Å². The molecule has 0 fully saturated rings. The van der Waals surface area contributed by atoms with Gasteiger partial charge in [-0.15, -0.1) is 5.10 Å². The minimum atomic E-state index is 0.451. The summed E-state index contributed by atoms with van der Waals surface area (Å²) in [4.78, 5) is 0. The smallest absolute Gasteiger partial charge is 0.185 e. The van der Waals surface area contributed by atoms with Crippen LogP contribution in [0.15, 0.2) is 30.3 Å². The van der Waals surface area contributed by atoms with Crippen LogP contribution in [0.3, 0.4) is 0 Å². The summed E-state index contributed by atoms with van der Waals surface area (Å²) in [5.74, 6) is 0.875. The second-order valence-corrected chi connectivity index (χ2v) is 4.84. The lowest BCUT2D eigenvalue weighted by atomic mass is 10.1. The predicted molar refractivity (Wildman–Crippen MR) is 79.9 cm³/mol. The molecule has 1 aromatic carbocycles. The van der Waals surface area contributed by atoms with E-state index >= 15 is 0 Å². The lowest BCUT2D eigenvalue weighted by Crippen LogP contribution is -2.09. The average molecular weight is 284 g/mol. The van der Waals surface area contributed by atoms with Gasteiger partial charge in [0, 0.05) is 13.0 Å². The van der Waals surface area contributed by atoms with Gasteiger partial charge < -0.3 is 4.74 Å². The molecule has 0 spiro atoms. The number of benzene rings is 1. The number of unbranched alkanes of at least 4 members (excludes halogenated alkanes) is 1. The van der Waals surface area contributed by atoms with Gasteiger partial charge in [0.1, 0.15) is 11.8 Å². The Morgan fingerprint density at radius 1 is 1.24 bits per heavy atom. The minimum Gasteiger partial charge on any atom is -0.494 e. The van der Waals surface area contributed by atoms with Crippen LogP contribution in [0.4, 0.5) is 0 Å². The number of ether oxygens (including phenoxy) is 1. The Hall–Kier alpha value is -2.35. The summed E-state index contributed by atoms with van der Waals surface area (Å²) < 4.78 is 7.49. The summed E-state index contributed by atoms with van der Waals surface area (Å²) in [6, 6.07) is 11.9. The monoisotopic (exact) mass is 284 g/mol. The SMILES string of the molecule is CCCCc1c(C#N)nnn1CCCOc1ccccc1. The molecule has 5 heteroatoms. The maximum atomic E-state index is 9.06. The third-order valence-electron chi connectivity index (χ3n) is 3.24. The maximum absolute atomic E-state index is 9.06. The van der Waals surface area contributed by atoms with Crippen LogP contribution < -0.4 is 4.74 Å². The number of aromatic nitrogens is 3. The molecule has 2 rings (SSSR count). The Morgan fingerprint density at radius 2 is 2.05 bits per heavy atom. The summed E-state index contributed by atoms with van der Waals surface area (Å²) in [7, 11) is 0. The summed E-state index contributed by atoms with van der Waals surface area (Å²) in [6.45, 7) is 3.48. The van der Waals surface area contributed by atoms with Crippen LogP contribution in [-0.4, -0.2) is 21.6 Å². The largest absolute Gasteiger partial charge is 0.494 e. The molecule has 0 saturated carbocycles. The van der Waals surface area contributed by atoms with Gasteiger partial charge in [-0.1, -0.05) is 36.8 Å². The van der Waals surface area contributed by atoms with Crippen molar-refractivity contribution in [2.75, 3.05) is 6.61 Å². The van der Waals surface area contributed by atoms with Crippen LogP contribution in [0.1, 0.15) is 37.6 Å². The molecular weight excluding hydrogens is 264 g/mol. The lowest BCUT2D eigenvalue weighted by Gasteiger charge is -2.08.